The van der Waals surface area contributed by atoms with Crippen molar-refractivity contribution in [2.75, 3.05) is 7.05 Å². The zero-order chi connectivity index (χ0) is 14.8. The summed E-state index contributed by atoms with van der Waals surface area (Å²) in [7, 11) is -2.03. The van der Waals surface area contributed by atoms with Crippen LogP contribution in [0.25, 0.3) is 0 Å². The maximum Gasteiger partial charge on any atom is 0.243 e. The Morgan fingerprint density at radius 2 is 1.95 bits per heavy atom. The molecule has 0 saturated carbocycles. The van der Waals surface area contributed by atoms with Gasteiger partial charge in [-0.2, -0.15) is 4.31 Å². The minimum absolute atomic E-state index is 0.138. The Hall–Kier alpha value is -0.620. The molecule has 4 nitrogen and oxygen atoms in total. The Bertz CT molecular complexity index is 555. The molecule has 0 radical (unpaired) electrons. The van der Waals surface area contributed by atoms with E-state index in [0.717, 1.165) is 0 Å². The van der Waals surface area contributed by atoms with Crippen LogP contribution in [-0.2, 0) is 16.6 Å². The Morgan fingerprint density at radius 3 is 2.37 bits per heavy atom. The molecule has 108 valence electrons. The predicted octanol–water partition coefficient (Wildman–Crippen LogP) is 2.64. The maximum atomic E-state index is 12.5. The molecule has 0 bridgehead atoms. The lowest BCUT2D eigenvalue weighted by Gasteiger charge is -2.33. The summed E-state index contributed by atoms with van der Waals surface area (Å²) in [5.74, 6) is 0. The molecule has 0 unspecified atom stereocenters. The summed E-state index contributed by atoms with van der Waals surface area (Å²) >= 11 is 5.95. The molecule has 0 spiro atoms. The molecule has 0 atom stereocenters. The van der Waals surface area contributed by atoms with Gasteiger partial charge in [0.1, 0.15) is 0 Å². The van der Waals surface area contributed by atoms with Crippen molar-refractivity contribution in [2.45, 2.75) is 44.2 Å². The number of aliphatic hydroxyl groups is 1. The number of hydrogen-bond donors (Lipinski definition) is 1. The van der Waals surface area contributed by atoms with E-state index in [4.69, 9.17) is 16.7 Å². The SMILES string of the molecule is CCC(C)(C)N(C)S(=O)(=O)c1ccc(CO)c(Cl)c1. The van der Waals surface area contributed by atoms with Gasteiger partial charge in [-0.25, -0.2) is 8.42 Å². The summed E-state index contributed by atoms with van der Waals surface area (Å²) in [6.45, 7) is 5.46. The molecule has 0 saturated heterocycles. The molecule has 19 heavy (non-hydrogen) atoms. The van der Waals surface area contributed by atoms with Gasteiger partial charge in [0.05, 0.1) is 11.5 Å². The first-order valence-corrected chi connectivity index (χ1v) is 7.87. The van der Waals surface area contributed by atoms with Gasteiger partial charge < -0.3 is 5.11 Å². The molecule has 0 aliphatic heterocycles. The highest BCUT2D eigenvalue weighted by molar-refractivity contribution is 7.89. The molecule has 1 aromatic rings. The summed E-state index contributed by atoms with van der Waals surface area (Å²) in [5, 5.41) is 9.30. The molecule has 1 rings (SSSR count). The van der Waals surface area contributed by atoms with Crippen LogP contribution < -0.4 is 0 Å². The monoisotopic (exact) mass is 305 g/mol. The summed E-state index contributed by atoms with van der Waals surface area (Å²) in [6, 6.07) is 4.38. The quantitative estimate of drug-likeness (QED) is 0.910. The Morgan fingerprint density at radius 1 is 1.37 bits per heavy atom. The molecule has 1 N–H and O–H groups in total. The molecule has 0 aliphatic rings. The van der Waals surface area contributed by atoms with Gasteiger partial charge in [0, 0.05) is 17.6 Å². The minimum atomic E-state index is -3.59. The van der Waals surface area contributed by atoms with Gasteiger partial charge in [0.2, 0.25) is 10.0 Å². The zero-order valence-electron chi connectivity index (χ0n) is 11.6. The second-order valence-corrected chi connectivity index (χ2v) is 7.43. The molecule has 0 aliphatic carbocycles. The van der Waals surface area contributed by atoms with E-state index in [1.54, 1.807) is 7.05 Å². The first-order chi connectivity index (χ1) is 8.66. The van der Waals surface area contributed by atoms with Crippen LogP contribution in [0.4, 0.5) is 0 Å². The van der Waals surface area contributed by atoms with Crippen LogP contribution in [0.5, 0.6) is 0 Å². The van der Waals surface area contributed by atoms with Gasteiger partial charge in [-0.15, -0.1) is 0 Å². The first-order valence-electron chi connectivity index (χ1n) is 6.05. The molecule has 6 heteroatoms. The third-order valence-corrected chi connectivity index (χ3v) is 5.99. The summed E-state index contributed by atoms with van der Waals surface area (Å²) in [6.07, 6.45) is 0.700. The number of rotatable bonds is 5. The summed E-state index contributed by atoms with van der Waals surface area (Å²) in [5.41, 5.74) is 0.0408. The van der Waals surface area contributed by atoms with Crippen LogP contribution in [-0.4, -0.2) is 30.4 Å². The van der Waals surface area contributed by atoms with Crippen LogP contribution in [0, 0.1) is 0 Å². The minimum Gasteiger partial charge on any atom is -0.392 e. The van der Waals surface area contributed by atoms with Crippen LogP contribution in [0.1, 0.15) is 32.8 Å². The van der Waals surface area contributed by atoms with Gasteiger partial charge in [0.25, 0.3) is 0 Å². The molecule has 0 heterocycles. The molecular formula is C13H20ClNO3S. The molecule has 0 fully saturated rings. The van der Waals surface area contributed by atoms with E-state index >= 15 is 0 Å². The van der Waals surface area contributed by atoms with Crippen molar-refractivity contribution in [3.63, 3.8) is 0 Å². The van der Waals surface area contributed by atoms with Crippen molar-refractivity contribution in [1.82, 2.24) is 4.31 Å². The molecule has 0 aromatic heterocycles. The topological polar surface area (TPSA) is 57.6 Å². The van der Waals surface area contributed by atoms with Gasteiger partial charge in [-0.1, -0.05) is 24.6 Å². The van der Waals surface area contributed by atoms with Crippen LogP contribution in [0.3, 0.4) is 0 Å². The Balaban J connectivity index is 3.25. The van der Waals surface area contributed by atoms with Gasteiger partial charge in [-0.3, -0.25) is 0 Å². The Labute approximate surface area is 120 Å². The predicted molar refractivity (Wildman–Crippen MR) is 76.7 cm³/mol. The van der Waals surface area contributed by atoms with E-state index in [-0.39, 0.29) is 16.5 Å². The third-order valence-electron chi connectivity index (χ3n) is 3.57. The van der Waals surface area contributed by atoms with Crippen molar-refractivity contribution in [3.8, 4) is 0 Å². The molecule has 0 amide bonds. The van der Waals surface area contributed by atoms with Crippen molar-refractivity contribution in [3.05, 3.63) is 28.8 Å². The van der Waals surface area contributed by atoms with Crippen molar-refractivity contribution < 1.29 is 13.5 Å². The fourth-order valence-electron chi connectivity index (χ4n) is 1.52. The largest absolute Gasteiger partial charge is 0.392 e. The lowest BCUT2D eigenvalue weighted by atomic mass is 10.0. The number of nitrogens with zero attached hydrogens (tertiary/aromatic N) is 1. The highest BCUT2D eigenvalue weighted by Gasteiger charge is 2.32. The second kappa shape index (κ2) is 5.79. The number of benzene rings is 1. The number of aliphatic hydroxyl groups excluding tert-OH is 1. The summed E-state index contributed by atoms with van der Waals surface area (Å²) in [4.78, 5) is 0.138. The van der Waals surface area contributed by atoms with Crippen molar-refractivity contribution in [1.29, 1.82) is 0 Å². The number of hydrogen-bond acceptors (Lipinski definition) is 3. The third kappa shape index (κ3) is 3.28. The number of halogens is 1. The second-order valence-electron chi connectivity index (χ2n) is 5.05. The summed E-state index contributed by atoms with van der Waals surface area (Å²) < 4.78 is 26.3. The van der Waals surface area contributed by atoms with E-state index in [1.165, 1.54) is 22.5 Å². The average molecular weight is 306 g/mol. The van der Waals surface area contributed by atoms with E-state index < -0.39 is 15.6 Å². The maximum absolute atomic E-state index is 12.5. The van der Waals surface area contributed by atoms with Crippen LogP contribution >= 0.6 is 11.6 Å². The molecule has 1 aromatic carbocycles. The number of sulfonamides is 1. The first kappa shape index (κ1) is 16.4. The average Bonchev–Trinajstić information content (AvgIpc) is 2.37. The highest BCUT2D eigenvalue weighted by Crippen LogP contribution is 2.28. The van der Waals surface area contributed by atoms with Gasteiger partial charge >= 0.3 is 0 Å². The van der Waals surface area contributed by atoms with Gasteiger partial charge in [0.15, 0.2) is 0 Å². The van der Waals surface area contributed by atoms with Crippen molar-refractivity contribution >= 4 is 21.6 Å². The normalized spacial score (nSPS) is 13.0. The highest BCUT2D eigenvalue weighted by atomic mass is 35.5. The van der Waals surface area contributed by atoms with E-state index in [2.05, 4.69) is 0 Å². The van der Waals surface area contributed by atoms with Crippen LogP contribution in [0.2, 0.25) is 5.02 Å². The van der Waals surface area contributed by atoms with E-state index in [0.29, 0.717) is 12.0 Å². The standard InChI is InChI=1S/C13H20ClNO3S/c1-5-13(2,3)15(4)19(17,18)11-7-6-10(9-16)12(14)8-11/h6-8,16H,5,9H2,1-4H3. The van der Waals surface area contributed by atoms with Crippen LogP contribution in [0.15, 0.2) is 23.1 Å². The Kier molecular flexibility index (Phi) is 5.01. The fourth-order valence-corrected chi connectivity index (χ4v) is 3.43. The lowest BCUT2D eigenvalue weighted by Crippen LogP contribution is -2.44. The van der Waals surface area contributed by atoms with Gasteiger partial charge in [-0.05, 0) is 38.0 Å². The van der Waals surface area contributed by atoms with E-state index in [9.17, 15) is 8.42 Å². The lowest BCUT2D eigenvalue weighted by molar-refractivity contribution is 0.257. The van der Waals surface area contributed by atoms with E-state index in [1.807, 2.05) is 20.8 Å². The van der Waals surface area contributed by atoms with Crippen molar-refractivity contribution in [2.24, 2.45) is 0 Å². The smallest absolute Gasteiger partial charge is 0.243 e. The molecular weight excluding hydrogens is 286 g/mol. The zero-order valence-corrected chi connectivity index (χ0v) is 13.2. The fraction of sp³-hybridized carbons (Fsp3) is 0.538.